The monoisotopic (exact) mass is 216 g/mol. The van der Waals surface area contributed by atoms with Crippen LogP contribution in [0.25, 0.3) is 0 Å². The Bertz CT molecular complexity index is 524. The van der Waals surface area contributed by atoms with E-state index in [-0.39, 0.29) is 11.6 Å². The van der Waals surface area contributed by atoms with Gasteiger partial charge in [0.2, 0.25) is 0 Å². The number of allylic oxidation sites excluding steroid dienone is 2. The summed E-state index contributed by atoms with van der Waals surface area (Å²) in [5.41, 5.74) is 1.95. The van der Waals surface area contributed by atoms with E-state index in [9.17, 15) is 9.59 Å². The molecule has 0 N–H and O–H groups in total. The summed E-state index contributed by atoms with van der Waals surface area (Å²) in [4.78, 5) is 23.9. The molecule has 2 rings (SSSR count). The van der Waals surface area contributed by atoms with Crippen molar-refractivity contribution in [2.45, 2.75) is 13.8 Å². The van der Waals surface area contributed by atoms with Crippen molar-refractivity contribution in [2.75, 3.05) is 7.11 Å². The van der Waals surface area contributed by atoms with Crippen molar-refractivity contribution in [2.24, 2.45) is 0 Å². The highest BCUT2D eigenvalue weighted by molar-refractivity contribution is 6.26. The smallest absolute Gasteiger partial charge is 0.190 e. The molecule has 1 aliphatic carbocycles. The van der Waals surface area contributed by atoms with E-state index in [1.165, 1.54) is 7.11 Å². The number of ether oxygens (including phenoxy) is 1. The van der Waals surface area contributed by atoms with Crippen LogP contribution in [0.1, 0.15) is 34.6 Å². The second-order valence-corrected chi connectivity index (χ2v) is 3.82. The van der Waals surface area contributed by atoms with Crippen molar-refractivity contribution >= 4 is 11.6 Å². The van der Waals surface area contributed by atoms with Gasteiger partial charge in [0.25, 0.3) is 0 Å². The van der Waals surface area contributed by atoms with Gasteiger partial charge in [-0.25, -0.2) is 0 Å². The van der Waals surface area contributed by atoms with Gasteiger partial charge in [-0.05, 0) is 32.0 Å². The van der Waals surface area contributed by atoms with E-state index in [2.05, 4.69) is 0 Å². The lowest BCUT2D eigenvalue weighted by molar-refractivity contribution is 0.0974. The van der Waals surface area contributed by atoms with Crippen molar-refractivity contribution in [3.05, 3.63) is 40.5 Å². The van der Waals surface area contributed by atoms with Gasteiger partial charge in [-0.2, -0.15) is 0 Å². The Kier molecular flexibility index (Phi) is 2.38. The molecule has 0 saturated carbocycles. The van der Waals surface area contributed by atoms with Crippen LogP contribution in [0.2, 0.25) is 0 Å². The first-order valence-electron chi connectivity index (χ1n) is 5.01. The second kappa shape index (κ2) is 3.59. The van der Waals surface area contributed by atoms with Gasteiger partial charge in [-0.3, -0.25) is 9.59 Å². The van der Waals surface area contributed by atoms with Gasteiger partial charge in [0.15, 0.2) is 11.6 Å². The molecule has 0 unspecified atom stereocenters. The second-order valence-electron chi connectivity index (χ2n) is 3.82. The van der Waals surface area contributed by atoms with Crippen molar-refractivity contribution in [1.29, 1.82) is 0 Å². The molecule has 0 bridgehead atoms. The van der Waals surface area contributed by atoms with Gasteiger partial charge in [0.05, 0.1) is 7.11 Å². The summed E-state index contributed by atoms with van der Waals surface area (Å²) in [6.07, 6.45) is 0. The van der Waals surface area contributed by atoms with E-state index >= 15 is 0 Å². The molecular weight excluding hydrogens is 204 g/mol. The van der Waals surface area contributed by atoms with Crippen LogP contribution in [0.5, 0.6) is 5.75 Å². The maximum atomic E-state index is 12.0. The lowest BCUT2D eigenvalue weighted by Crippen LogP contribution is -2.19. The predicted octanol–water partition coefficient (Wildman–Crippen LogP) is 2.41. The number of carbonyl (C=O) groups excluding carboxylic acids is 2. The lowest BCUT2D eigenvalue weighted by atomic mass is 9.85. The number of rotatable bonds is 1. The number of fused-ring (bicyclic) bond motifs is 1. The van der Waals surface area contributed by atoms with Gasteiger partial charge < -0.3 is 4.74 Å². The molecule has 1 aromatic rings. The third-order valence-corrected chi connectivity index (χ3v) is 2.96. The fourth-order valence-corrected chi connectivity index (χ4v) is 1.78. The Labute approximate surface area is 93.7 Å². The molecule has 0 aliphatic heterocycles. The summed E-state index contributed by atoms with van der Waals surface area (Å²) in [6.45, 7) is 3.36. The Morgan fingerprint density at radius 1 is 0.938 bits per heavy atom. The van der Waals surface area contributed by atoms with Crippen molar-refractivity contribution in [3.63, 3.8) is 0 Å². The Balaban J connectivity index is 2.67. The van der Waals surface area contributed by atoms with Crippen LogP contribution in [0.4, 0.5) is 0 Å². The first-order chi connectivity index (χ1) is 7.56. The summed E-state index contributed by atoms with van der Waals surface area (Å²) < 4.78 is 5.05. The van der Waals surface area contributed by atoms with Crippen LogP contribution in [-0.4, -0.2) is 18.7 Å². The summed E-state index contributed by atoms with van der Waals surface area (Å²) in [5.74, 6) is 0.424. The number of benzene rings is 1. The van der Waals surface area contributed by atoms with Gasteiger partial charge in [-0.15, -0.1) is 0 Å². The fraction of sp³-hybridized carbons (Fsp3) is 0.231. The third-order valence-electron chi connectivity index (χ3n) is 2.96. The van der Waals surface area contributed by atoms with Crippen molar-refractivity contribution in [1.82, 2.24) is 0 Å². The molecule has 0 amide bonds. The zero-order valence-electron chi connectivity index (χ0n) is 9.46. The van der Waals surface area contributed by atoms with E-state index in [1.54, 1.807) is 32.0 Å². The lowest BCUT2D eigenvalue weighted by Gasteiger charge is -2.17. The minimum absolute atomic E-state index is 0.0743. The van der Waals surface area contributed by atoms with E-state index in [1.807, 2.05) is 0 Å². The molecule has 82 valence electrons. The SMILES string of the molecule is COc1ccc2c(c1)C(=O)C(C)=C(C)C2=O. The molecular formula is C13H12O3. The van der Waals surface area contributed by atoms with E-state index in [4.69, 9.17) is 4.74 Å². The topological polar surface area (TPSA) is 43.4 Å². The maximum Gasteiger partial charge on any atom is 0.190 e. The number of Topliss-reactive ketones (excluding diaryl/α,β-unsaturated/α-hetero) is 2. The average molecular weight is 216 g/mol. The molecule has 0 fully saturated rings. The normalized spacial score (nSPS) is 15.2. The Hall–Kier alpha value is -1.90. The molecule has 1 aromatic carbocycles. The molecule has 0 heterocycles. The number of carbonyl (C=O) groups is 2. The Morgan fingerprint density at radius 2 is 1.50 bits per heavy atom. The quantitative estimate of drug-likeness (QED) is 0.724. The highest BCUT2D eigenvalue weighted by Crippen LogP contribution is 2.28. The number of methoxy groups -OCH3 is 1. The van der Waals surface area contributed by atoms with Crippen molar-refractivity contribution < 1.29 is 14.3 Å². The molecule has 16 heavy (non-hydrogen) atoms. The highest BCUT2D eigenvalue weighted by atomic mass is 16.5. The van der Waals surface area contributed by atoms with Crippen LogP contribution >= 0.6 is 0 Å². The molecule has 1 aliphatic rings. The molecule has 3 nitrogen and oxygen atoms in total. The minimum atomic E-state index is -0.0917. The standard InChI is InChI=1S/C13H12O3/c1-7-8(2)13(15)11-6-9(16-3)4-5-10(11)12(7)14/h4-6H,1-3H3. The van der Waals surface area contributed by atoms with E-state index in [0.29, 0.717) is 28.0 Å². The average Bonchev–Trinajstić information content (AvgIpc) is 2.33. The summed E-state index contributed by atoms with van der Waals surface area (Å²) in [5, 5.41) is 0. The van der Waals surface area contributed by atoms with Gasteiger partial charge in [0.1, 0.15) is 5.75 Å². The molecule has 0 spiro atoms. The number of hydrogen-bond acceptors (Lipinski definition) is 3. The van der Waals surface area contributed by atoms with Crippen LogP contribution < -0.4 is 4.74 Å². The highest BCUT2D eigenvalue weighted by Gasteiger charge is 2.27. The largest absolute Gasteiger partial charge is 0.497 e. The first kappa shape index (κ1) is 10.6. The molecule has 0 aromatic heterocycles. The summed E-state index contributed by atoms with van der Waals surface area (Å²) in [7, 11) is 1.53. The third kappa shape index (κ3) is 1.36. The van der Waals surface area contributed by atoms with Crippen LogP contribution in [0.3, 0.4) is 0 Å². The fourth-order valence-electron chi connectivity index (χ4n) is 1.78. The predicted molar refractivity (Wildman–Crippen MR) is 60.0 cm³/mol. The molecule has 0 radical (unpaired) electrons. The summed E-state index contributed by atoms with van der Waals surface area (Å²) in [6, 6.07) is 4.95. The first-order valence-corrected chi connectivity index (χ1v) is 5.01. The van der Waals surface area contributed by atoms with Gasteiger partial charge >= 0.3 is 0 Å². The minimum Gasteiger partial charge on any atom is -0.497 e. The zero-order valence-corrected chi connectivity index (χ0v) is 9.46. The Morgan fingerprint density at radius 3 is 2.06 bits per heavy atom. The maximum absolute atomic E-state index is 12.0. The van der Waals surface area contributed by atoms with Gasteiger partial charge in [-0.1, -0.05) is 0 Å². The van der Waals surface area contributed by atoms with Crippen LogP contribution in [0, 0.1) is 0 Å². The zero-order chi connectivity index (χ0) is 11.9. The van der Waals surface area contributed by atoms with Crippen LogP contribution in [0.15, 0.2) is 29.3 Å². The van der Waals surface area contributed by atoms with Crippen molar-refractivity contribution in [3.8, 4) is 5.75 Å². The van der Waals surface area contributed by atoms with Crippen LogP contribution in [-0.2, 0) is 0 Å². The molecule has 3 heteroatoms. The molecule has 0 saturated heterocycles. The number of hydrogen-bond donors (Lipinski definition) is 0. The summed E-state index contributed by atoms with van der Waals surface area (Å²) >= 11 is 0. The van der Waals surface area contributed by atoms with E-state index in [0.717, 1.165) is 0 Å². The molecule has 0 atom stereocenters. The number of ketones is 2. The van der Waals surface area contributed by atoms with Gasteiger partial charge in [0, 0.05) is 22.3 Å². The van der Waals surface area contributed by atoms with E-state index < -0.39 is 0 Å².